The molecule has 0 spiro atoms. The largest absolute Gasteiger partial charge is 0.357 e. The quantitative estimate of drug-likeness (QED) is 0.300. The summed E-state index contributed by atoms with van der Waals surface area (Å²) in [6.07, 6.45) is 5.21. The van der Waals surface area contributed by atoms with Gasteiger partial charge in [0.1, 0.15) is 12.4 Å². The van der Waals surface area contributed by atoms with Gasteiger partial charge < -0.3 is 20.9 Å². The number of halogens is 2. The lowest BCUT2D eigenvalue weighted by Gasteiger charge is -2.21. The SMILES string of the molecule is CCNC(=NCC(=O)Nc1ccc(F)cc1)NC1CCN(C(=O)C2CCCC2)C1.I. The first-order chi connectivity index (χ1) is 14.0. The van der Waals surface area contributed by atoms with Crippen molar-refractivity contribution < 1.29 is 14.0 Å². The smallest absolute Gasteiger partial charge is 0.246 e. The highest BCUT2D eigenvalue weighted by atomic mass is 127. The highest BCUT2D eigenvalue weighted by Crippen LogP contribution is 2.27. The van der Waals surface area contributed by atoms with Crippen LogP contribution in [0.3, 0.4) is 0 Å². The Kier molecular flexibility index (Phi) is 9.80. The minimum absolute atomic E-state index is 0. The van der Waals surface area contributed by atoms with Crippen LogP contribution in [0.1, 0.15) is 39.0 Å². The summed E-state index contributed by atoms with van der Waals surface area (Å²) in [5.74, 6) is 0.412. The lowest BCUT2D eigenvalue weighted by atomic mass is 10.1. The maximum Gasteiger partial charge on any atom is 0.246 e. The number of carbonyl (C=O) groups excluding carboxylic acids is 2. The number of nitrogens with zero attached hydrogens (tertiary/aromatic N) is 2. The minimum atomic E-state index is -0.350. The fourth-order valence-corrected chi connectivity index (χ4v) is 3.91. The summed E-state index contributed by atoms with van der Waals surface area (Å²) in [6, 6.07) is 5.73. The molecule has 1 heterocycles. The van der Waals surface area contributed by atoms with E-state index in [1.165, 1.54) is 24.3 Å². The van der Waals surface area contributed by atoms with Crippen LogP contribution in [-0.4, -0.2) is 54.9 Å². The number of hydrogen-bond donors (Lipinski definition) is 3. The second-order valence-corrected chi connectivity index (χ2v) is 7.65. The van der Waals surface area contributed by atoms with Gasteiger partial charge in [-0.3, -0.25) is 9.59 Å². The van der Waals surface area contributed by atoms with E-state index < -0.39 is 0 Å². The molecule has 7 nitrogen and oxygen atoms in total. The molecule has 1 aromatic rings. The van der Waals surface area contributed by atoms with Gasteiger partial charge in [0.2, 0.25) is 11.8 Å². The third kappa shape index (κ3) is 7.10. The molecule has 1 aromatic carbocycles. The monoisotopic (exact) mass is 531 g/mol. The average Bonchev–Trinajstić information content (AvgIpc) is 3.40. The van der Waals surface area contributed by atoms with Crippen LogP contribution < -0.4 is 16.0 Å². The molecule has 1 saturated heterocycles. The van der Waals surface area contributed by atoms with Crippen molar-refractivity contribution in [2.24, 2.45) is 10.9 Å². The van der Waals surface area contributed by atoms with Crippen LogP contribution >= 0.6 is 24.0 Å². The van der Waals surface area contributed by atoms with Gasteiger partial charge >= 0.3 is 0 Å². The number of amides is 2. The molecule has 2 aliphatic rings. The van der Waals surface area contributed by atoms with Crippen molar-refractivity contribution in [1.82, 2.24) is 15.5 Å². The lowest BCUT2D eigenvalue weighted by molar-refractivity contribution is -0.134. The van der Waals surface area contributed by atoms with Crippen molar-refractivity contribution in [3.05, 3.63) is 30.1 Å². The first-order valence-electron chi connectivity index (χ1n) is 10.4. The summed E-state index contributed by atoms with van der Waals surface area (Å²) in [6.45, 7) is 4.01. The van der Waals surface area contributed by atoms with Gasteiger partial charge in [-0.25, -0.2) is 9.38 Å². The number of rotatable bonds is 6. The summed E-state index contributed by atoms with van der Waals surface area (Å²) in [4.78, 5) is 31.0. The topological polar surface area (TPSA) is 85.8 Å². The van der Waals surface area contributed by atoms with E-state index in [9.17, 15) is 14.0 Å². The van der Waals surface area contributed by atoms with E-state index in [-0.39, 0.29) is 60.1 Å². The second-order valence-electron chi connectivity index (χ2n) is 7.65. The van der Waals surface area contributed by atoms with E-state index in [1.807, 2.05) is 11.8 Å². The molecule has 3 N–H and O–H groups in total. The Morgan fingerprint density at radius 3 is 2.53 bits per heavy atom. The molecular weight excluding hydrogens is 500 g/mol. The van der Waals surface area contributed by atoms with Crippen LogP contribution in [0.15, 0.2) is 29.3 Å². The summed E-state index contributed by atoms with van der Waals surface area (Å²) in [5.41, 5.74) is 0.529. The second kappa shape index (κ2) is 12.1. The first-order valence-corrected chi connectivity index (χ1v) is 10.4. The zero-order chi connectivity index (χ0) is 20.6. The molecule has 30 heavy (non-hydrogen) atoms. The number of hydrogen-bond acceptors (Lipinski definition) is 3. The fraction of sp³-hybridized carbons (Fsp3) is 0.571. The molecule has 0 bridgehead atoms. The predicted octanol–water partition coefficient (Wildman–Crippen LogP) is 2.73. The summed E-state index contributed by atoms with van der Waals surface area (Å²) in [7, 11) is 0. The van der Waals surface area contributed by atoms with E-state index >= 15 is 0 Å². The molecule has 2 amide bonds. The van der Waals surface area contributed by atoms with Gasteiger partial charge in [-0.1, -0.05) is 12.8 Å². The Balaban J connectivity index is 0.00000320. The van der Waals surface area contributed by atoms with Gasteiger partial charge in [-0.05, 0) is 50.5 Å². The third-order valence-corrected chi connectivity index (χ3v) is 5.40. The van der Waals surface area contributed by atoms with Crippen LogP contribution in [-0.2, 0) is 9.59 Å². The number of anilines is 1. The maximum absolute atomic E-state index is 12.9. The Morgan fingerprint density at radius 1 is 1.17 bits per heavy atom. The van der Waals surface area contributed by atoms with E-state index in [4.69, 9.17) is 0 Å². The van der Waals surface area contributed by atoms with Gasteiger partial charge in [0.05, 0.1) is 0 Å². The van der Waals surface area contributed by atoms with Crippen molar-refractivity contribution in [2.75, 3.05) is 31.5 Å². The normalized spacial score (nSPS) is 19.3. The highest BCUT2D eigenvalue weighted by molar-refractivity contribution is 14.0. The number of carbonyl (C=O) groups is 2. The highest BCUT2D eigenvalue weighted by Gasteiger charge is 2.32. The lowest BCUT2D eigenvalue weighted by Crippen LogP contribution is -2.45. The van der Waals surface area contributed by atoms with Gasteiger partial charge in [-0.2, -0.15) is 0 Å². The first kappa shape index (κ1) is 24.4. The van der Waals surface area contributed by atoms with Crippen LogP contribution in [0.4, 0.5) is 10.1 Å². The molecule has 0 radical (unpaired) electrons. The number of aliphatic imine (C=N–C) groups is 1. The summed E-state index contributed by atoms with van der Waals surface area (Å²) >= 11 is 0. The van der Waals surface area contributed by atoms with Crippen molar-refractivity contribution in [3.63, 3.8) is 0 Å². The van der Waals surface area contributed by atoms with Crippen molar-refractivity contribution in [1.29, 1.82) is 0 Å². The van der Waals surface area contributed by atoms with Crippen molar-refractivity contribution in [2.45, 2.75) is 45.1 Å². The molecule has 3 rings (SSSR count). The number of nitrogens with one attached hydrogen (secondary N) is 3. The molecule has 0 aromatic heterocycles. The van der Waals surface area contributed by atoms with Crippen molar-refractivity contribution in [3.8, 4) is 0 Å². The molecule has 1 aliphatic heterocycles. The molecule has 166 valence electrons. The number of likely N-dealkylation sites (tertiary alicyclic amines) is 1. The van der Waals surface area contributed by atoms with E-state index in [1.54, 1.807) is 0 Å². The Hall–Kier alpha value is -1.91. The molecule has 1 atom stereocenters. The summed E-state index contributed by atoms with van der Waals surface area (Å²) in [5, 5.41) is 9.17. The zero-order valence-corrected chi connectivity index (χ0v) is 19.7. The fourth-order valence-electron chi connectivity index (χ4n) is 3.91. The van der Waals surface area contributed by atoms with Gasteiger partial charge in [0.15, 0.2) is 5.96 Å². The van der Waals surface area contributed by atoms with Crippen molar-refractivity contribution >= 4 is 47.4 Å². The van der Waals surface area contributed by atoms with Gasteiger partial charge in [0.25, 0.3) is 0 Å². The summed E-state index contributed by atoms with van der Waals surface area (Å²) < 4.78 is 12.9. The zero-order valence-electron chi connectivity index (χ0n) is 17.3. The van der Waals surface area contributed by atoms with Crippen LogP contribution in [0.2, 0.25) is 0 Å². The minimum Gasteiger partial charge on any atom is -0.357 e. The van der Waals surface area contributed by atoms with Gasteiger partial charge in [-0.15, -0.1) is 24.0 Å². The van der Waals surface area contributed by atoms with Crippen LogP contribution in [0.25, 0.3) is 0 Å². The van der Waals surface area contributed by atoms with Gasteiger partial charge in [0, 0.05) is 37.3 Å². The molecule has 9 heteroatoms. The Labute approximate surface area is 194 Å². The van der Waals surface area contributed by atoms with Crippen LogP contribution in [0, 0.1) is 11.7 Å². The van der Waals surface area contributed by atoms with E-state index in [0.29, 0.717) is 24.7 Å². The standard InChI is InChI=1S/C21H30FN5O2.HI/c1-2-23-21(24-13-19(28)25-17-9-7-16(22)8-10-17)26-18-11-12-27(14-18)20(29)15-5-3-4-6-15;/h7-10,15,18H,2-6,11-14H2,1H3,(H,25,28)(H2,23,24,26);1H. The Bertz CT molecular complexity index is 737. The van der Waals surface area contributed by atoms with Crippen LogP contribution in [0.5, 0.6) is 0 Å². The Morgan fingerprint density at radius 2 is 1.87 bits per heavy atom. The van der Waals surface area contributed by atoms with E-state index in [2.05, 4.69) is 20.9 Å². The molecular formula is C21H31FIN5O2. The molecule has 1 aliphatic carbocycles. The number of benzene rings is 1. The molecule has 2 fully saturated rings. The maximum atomic E-state index is 12.9. The molecule has 1 saturated carbocycles. The average molecular weight is 531 g/mol. The van der Waals surface area contributed by atoms with E-state index in [0.717, 1.165) is 38.6 Å². The third-order valence-electron chi connectivity index (χ3n) is 5.40. The number of guanidine groups is 1. The predicted molar refractivity (Wildman–Crippen MR) is 127 cm³/mol. The molecule has 1 unspecified atom stereocenters.